The molecule has 0 radical (unpaired) electrons. The van der Waals surface area contributed by atoms with Gasteiger partial charge in [-0.15, -0.1) is 0 Å². The molecule has 1 aromatic heterocycles. The minimum absolute atomic E-state index is 0.163. The highest BCUT2D eigenvalue weighted by molar-refractivity contribution is 6.39. The van der Waals surface area contributed by atoms with Crippen LogP contribution in [0, 0.1) is 5.82 Å². The predicted octanol–water partition coefficient (Wildman–Crippen LogP) is 1.48. The van der Waals surface area contributed by atoms with Crippen molar-refractivity contribution in [1.29, 1.82) is 0 Å². The maximum Gasteiger partial charge on any atom is 0.313 e. The lowest BCUT2D eigenvalue weighted by Crippen LogP contribution is -2.35. The van der Waals surface area contributed by atoms with E-state index in [0.717, 1.165) is 0 Å². The zero-order valence-corrected chi connectivity index (χ0v) is 10.5. The Morgan fingerprint density at radius 3 is 2.45 bits per heavy atom. The van der Waals surface area contributed by atoms with Gasteiger partial charge in [0.1, 0.15) is 5.82 Å². The first-order valence-corrected chi connectivity index (χ1v) is 5.90. The number of benzene rings is 1. The summed E-state index contributed by atoms with van der Waals surface area (Å²) in [6.45, 7) is 0.163. The number of anilines is 1. The summed E-state index contributed by atoms with van der Waals surface area (Å²) in [5.74, 6) is -2.00. The monoisotopic (exact) mass is 273 g/mol. The number of aromatic nitrogens is 1. The number of nitrogens with one attached hydrogen (secondary N) is 2. The highest BCUT2D eigenvalue weighted by atomic mass is 19.1. The number of amides is 2. The van der Waals surface area contributed by atoms with Gasteiger partial charge in [-0.05, 0) is 36.4 Å². The molecular formula is C14H12FN3O2. The molecule has 2 amide bonds. The van der Waals surface area contributed by atoms with Crippen LogP contribution in [0.25, 0.3) is 0 Å². The minimum atomic E-state index is -0.812. The Bertz CT molecular complexity index is 600. The molecule has 0 aliphatic heterocycles. The molecule has 0 bridgehead atoms. The first kappa shape index (κ1) is 13.7. The molecule has 1 aromatic carbocycles. The van der Waals surface area contributed by atoms with E-state index in [2.05, 4.69) is 15.6 Å². The quantitative estimate of drug-likeness (QED) is 0.832. The van der Waals surface area contributed by atoms with Gasteiger partial charge in [0.15, 0.2) is 0 Å². The largest absolute Gasteiger partial charge is 0.342 e. The molecule has 0 fully saturated rings. The van der Waals surface area contributed by atoms with Crippen molar-refractivity contribution in [2.45, 2.75) is 6.54 Å². The second kappa shape index (κ2) is 6.42. The number of halogens is 1. The van der Waals surface area contributed by atoms with Crippen LogP contribution >= 0.6 is 0 Å². The normalized spacial score (nSPS) is 9.85. The Labute approximate surface area is 114 Å². The number of nitrogens with zero attached hydrogens (tertiary/aromatic N) is 1. The lowest BCUT2D eigenvalue weighted by molar-refractivity contribution is -0.136. The van der Waals surface area contributed by atoms with Crippen molar-refractivity contribution < 1.29 is 14.0 Å². The summed E-state index contributed by atoms with van der Waals surface area (Å²) in [7, 11) is 0. The van der Waals surface area contributed by atoms with Gasteiger partial charge in [0.2, 0.25) is 0 Å². The molecule has 2 rings (SSSR count). The highest BCUT2D eigenvalue weighted by Gasteiger charge is 2.13. The van der Waals surface area contributed by atoms with Crippen molar-refractivity contribution in [2.75, 3.05) is 5.32 Å². The summed E-state index contributed by atoms with van der Waals surface area (Å²) >= 11 is 0. The van der Waals surface area contributed by atoms with Gasteiger partial charge < -0.3 is 10.6 Å². The van der Waals surface area contributed by atoms with Crippen LogP contribution in [0.5, 0.6) is 0 Å². The van der Waals surface area contributed by atoms with Crippen molar-refractivity contribution >= 4 is 17.5 Å². The third kappa shape index (κ3) is 3.88. The van der Waals surface area contributed by atoms with E-state index in [9.17, 15) is 14.0 Å². The van der Waals surface area contributed by atoms with E-state index >= 15 is 0 Å². The fourth-order valence-corrected chi connectivity index (χ4v) is 1.47. The summed E-state index contributed by atoms with van der Waals surface area (Å²) in [6, 6.07) is 10.4. The van der Waals surface area contributed by atoms with Crippen molar-refractivity contribution in [3.63, 3.8) is 0 Å². The van der Waals surface area contributed by atoms with Gasteiger partial charge in [0, 0.05) is 11.9 Å². The molecule has 1 heterocycles. The number of pyridine rings is 1. The standard InChI is InChI=1S/C14H12FN3O2/c15-10-4-6-11(7-5-10)18-14(20)13(19)17-9-12-3-1-2-8-16-12/h1-8H,9H2,(H,17,19)(H,18,20). The molecule has 0 saturated heterocycles. The highest BCUT2D eigenvalue weighted by Crippen LogP contribution is 2.07. The van der Waals surface area contributed by atoms with Crippen LogP contribution in [0.4, 0.5) is 10.1 Å². The topological polar surface area (TPSA) is 71.1 Å². The van der Waals surface area contributed by atoms with Gasteiger partial charge in [-0.25, -0.2) is 4.39 Å². The summed E-state index contributed by atoms with van der Waals surface area (Å²) in [5, 5.41) is 4.81. The zero-order valence-electron chi connectivity index (χ0n) is 10.5. The van der Waals surface area contributed by atoms with Gasteiger partial charge in [-0.3, -0.25) is 14.6 Å². The van der Waals surface area contributed by atoms with Crippen molar-refractivity contribution in [1.82, 2.24) is 10.3 Å². The zero-order chi connectivity index (χ0) is 14.4. The van der Waals surface area contributed by atoms with Crippen molar-refractivity contribution in [3.8, 4) is 0 Å². The maximum absolute atomic E-state index is 12.7. The average Bonchev–Trinajstić information content (AvgIpc) is 2.48. The number of carbonyl (C=O) groups is 2. The Morgan fingerprint density at radius 1 is 1.05 bits per heavy atom. The summed E-state index contributed by atoms with van der Waals surface area (Å²) < 4.78 is 12.7. The van der Waals surface area contributed by atoms with Crippen molar-refractivity contribution in [3.05, 3.63) is 60.2 Å². The number of rotatable bonds is 3. The lowest BCUT2D eigenvalue weighted by atomic mass is 10.3. The smallest absolute Gasteiger partial charge is 0.313 e. The van der Waals surface area contributed by atoms with Crippen LogP contribution in [-0.4, -0.2) is 16.8 Å². The summed E-state index contributed by atoms with van der Waals surface area (Å²) in [4.78, 5) is 27.2. The molecular weight excluding hydrogens is 261 g/mol. The maximum atomic E-state index is 12.7. The molecule has 0 atom stereocenters. The van der Waals surface area contributed by atoms with Crippen LogP contribution < -0.4 is 10.6 Å². The Morgan fingerprint density at radius 2 is 1.80 bits per heavy atom. The van der Waals surface area contributed by atoms with E-state index in [-0.39, 0.29) is 6.54 Å². The van der Waals surface area contributed by atoms with Gasteiger partial charge in [-0.2, -0.15) is 0 Å². The Hall–Kier alpha value is -2.76. The van der Waals surface area contributed by atoms with Gasteiger partial charge in [0.25, 0.3) is 0 Å². The molecule has 0 aliphatic rings. The summed E-state index contributed by atoms with van der Waals surface area (Å²) in [6.07, 6.45) is 1.60. The predicted molar refractivity (Wildman–Crippen MR) is 71.1 cm³/mol. The van der Waals surface area contributed by atoms with E-state index < -0.39 is 17.6 Å². The lowest BCUT2D eigenvalue weighted by Gasteiger charge is -2.06. The van der Waals surface area contributed by atoms with Gasteiger partial charge in [0.05, 0.1) is 12.2 Å². The van der Waals surface area contributed by atoms with Gasteiger partial charge in [-0.1, -0.05) is 6.07 Å². The molecule has 0 spiro atoms. The van der Waals surface area contributed by atoms with E-state index in [4.69, 9.17) is 0 Å². The third-order valence-electron chi connectivity index (χ3n) is 2.46. The van der Waals surface area contributed by atoms with Crippen LogP contribution in [-0.2, 0) is 16.1 Å². The summed E-state index contributed by atoms with van der Waals surface area (Å²) in [5.41, 5.74) is 1.000. The first-order valence-electron chi connectivity index (χ1n) is 5.90. The van der Waals surface area contributed by atoms with Crippen LogP contribution in [0.3, 0.4) is 0 Å². The molecule has 102 valence electrons. The second-order valence-corrected chi connectivity index (χ2v) is 3.96. The Kier molecular flexibility index (Phi) is 4.39. The van der Waals surface area contributed by atoms with E-state index in [1.807, 2.05) is 0 Å². The van der Waals surface area contributed by atoms with E-state index in [1.165, 1.54) is 24.3 Å². The molecule has 0 aliphatic carbocycles. The van der Waals surface area contributed by atoms with E-state index in [1.54, 1.807) is 24.4 Å². The fourth-order valence-electron chi connectivity index (χ4n) is 1.47. The van der Waals surface area contributed by atoms with Gasteiger partial charge >= 0.3 is 11.8 Å². The molecule has 6 heteroatoms. The van der Waals surface area contributed by atoms with E-state index in [0.29, 0.717) is 11.4 Å². The SMILES string of the molecule is O=C(NCc1ccccn1)C(=O)Nc1ccc(F)cc1. The van der Waals surface area contributed by atoms with Crippen LogP contribution in [0.15, 0.2) is 48.7 Å². The second-order valence-electron chi connectivity index (χ2n) is 3.96. The molecule has 5 nitrogen and oxygen atoms in total. The third-order valence-corrected chi connectivity index (χ3v) is 2.46. The minimum Gasteiger partial charge on any atom is -0.342 e. The average molecular weight is 273 g/mol. The number of hydrogen-bond donors (Lipinski definition) is 2. The molecule has 2 aromatic rings. The first-order chi connectivity index (χ1) is 9.65. The molecule has 0 saturated carbocycles. The molecule has 2 N–H and O–H groups in total. The Balaban J connectivity index is 1.86. The van der Waals surface area contributed by atoms with Crippen molar-refractivity contribution in [2.24, 2.45) is 0 Å². The fraction of sp³-hybridized carbons (Fsp3) is 0.0714. The number of carbonyl (C=O) groups excluding carboxylic acids is 2. The molecule has 0 unspecified atom stereocenters. The molecule has 20 heavy (non-hydrogen) atoms. The number of hydrogen-bond acceptors (Lipinski definition) is 3. The van der Waals surface area contributed by atoms with Crippen LogP contribution in [0.2, 0.25) is 0 Å². The van der Waals surface area contributed by atoms with Crippen LogP contribution in [0.1, 0.15) is 5.69 Å².